The van der Waals surface area contributed by atoms with E-state index < -0.39 is 0 Å². The molecule has 1 aliphatic carbocycles. The van der Waals surface area contributed by atoms with E-state index in [2.05, 4.69) is 12.1 Å². The fourth-order valence-corrected chi connectivity index (χ4v) is 3.42. The fourth-order valence-electron chi connectivity index (χ4n) is 3.42. The Labute approximate surface area is 128 Å². The number of rotatable bonds is 3. The van der Waals surface area contributed by atoms with Gasteiger partial charge in [0.05, 0.1) is 0 Å². The summed E-state index contributed by atoms with van der Waals surface area (Å²) in [7, 11) is 1.90. The molecule has 0 aromatic heterocycles. The van der Waals surface area contributed by atoms with Gasteiger partial charge in [-0.25, -0.2) is 0 Å². The number of carbonyl (C=O) groups is 1. The summed E-state index contributed by atoms with van der Waals surface area (Å²) in [6.45, 7) is 6.06. The maximum atomic E-state index is 12.5. The molecule has 1 aliphatic rings. The highest BCUT2D eigenvalue weighted by Crippen LogP contribution is 2.41. The first-order valence-electron chi connectivity index (χ1n) is 7.77. The van der Waals surface area contributed by atoms with E-state index in [4.69, 9.17) is 0 Å². The van der Waals surface area contributed by atoms with Gasteiger partial charge in [-0.05, 0) is 30.2 Å². The Hall–Kier alpha value is -1.35. The molecule has 3 nitrogen and oxygen atoms in total. The number of carbonyl (C=O) groups excluding carboxylic acids is 1. The zero-order chi connectivity index (χ0) is 15.6. The van der Waals surface area contributed by atoms with E-state index >= 15 is 0 Å². The van der Waals surface area contributed by atoms with E-state index in [1.807, 2.05) is 50.9 Å². The van der Waals surface area contributed by atoms with Crippen LogP contribution in [0.4, 0.5) is 0 Å². The smallest absolute Gasteiger partial charge is 0.227 e. The van der Waals surface area contributed by atoms with Crippen molar-refractivity contribution in [1.82, 2.24) is 4.90 Å². The van der Waals surface area contributed by atoms with Crippen molar-refractivity contribution in [2.45, 2.75) is 45.6 Å². The number of nitrogens with zero attached hydrogens (tertiary/aromatic N) is 1. The average molecular weight is 289 g/mol. The first-order valence-corrected chi connectivity index (χ1v) is 7.77. The summed E-state index contributed by atoms with van der Waals surface area (Å²) >= 11 is 0. The molecule has 0 spiro atoms. The Morgan fingerprint density at radius 3 is 2.38 bits per heavy atom. The predicted octanol–water partition coefficient (Wildman–Crippen LogP) is 3.05. The molecule has 1 aromatic carbocycles. The van der Waals surface area contributed by atoms with Crippen LogP contribution in [-0.2, 0) is 4.79 Å². The van der Waals surface area contributed by atoms with Crippen molar-refractivity contribution in [1.29, 1.82) is 0 Å². The number of aliphatic hydroxyl groups is 1. The van der Waals surface area contributed by atoms with Crippen LogP contribution in [0, 0.1) is 11.3 Å². The standard InChI is InChI=1S/C18H27NO2/c1-18(2,3)17(21)19(4)15-10-14(12-20)16(11-15)13-8-6-5-7-9-13/h5-9,14-16,20H,10-12H2,1-4H3/t14-,15+,16-/m1/s1. The van der Waals surface area contributed by atoms with Gasteiger partial charge in [0.1, 0.15) is 0 Å². The first-order chi connectivity index (χ1) is 9.84. The van der Waals surface area contributed by atoms with Crippen LogP contribution in [-0.4, -0.2) is 35.6 Å². The van der Waals surface area contributed by atoms with Crippen molar-refractivity contribution in [3.63, 3.8) is 0 Å². The summed E-state index contributed by atoms with van der Waals surface area (Å²) in [5.74, 6) is 0.766. The molecular formula is C18H27NO2. The van der Waals surface area contributed by atoms with Crippen LogP contribution >= 0.6 is 0 Å². The SMILES string of the molecule is CN(C(=O)C(C)(C)C)[C@H]1C[C@H](CO)[C@@H](c2ccccc2)C1. The lowest BCUT2D eigenvalue weighted by molar-refractivity contribution is -0.140. The van der Waals surface area contributed by atoms with Gasteiger partial charge < -0.3 is 10.0 Å². The molecule has 1 N–H and O–H groups in total. The number of benzene rings is 1. The van der Waals surface area contributed by atoms with E-state index in [0.29, 0.717) is 5.92 Å². The van der Waals surface area contributed by atoms with Gasteiger partial charge in [-0.2, -0.15) is 0 Å². The Bertz CT molecular complexity index is 478. The van der Waals surface area contributed by atoms with Gasteiger partial charge in [0.2, 0.25) is 5.91 Å². The molecule has 0 aliphatic heterocycles. The molecule has 0 bridgehead atoms. The molecule has 1 fully saturated rings. The molecule has 2 rings (SSSR count). The monoisotopic (exact) mass is 289 g/mol. The normalized spacial score (nSPS) is 25.9. The number of hydrogen-bond acceptors (Lipinski definition) is 2. The Morgan fingerprint density at radius 2 is 1.86 bits per heavy atom. The van der Waals surface area contributed by atoms with Gasteiger partial charge in [-0.15, -0.1) is 0 Å². The summed E-state index contributed by atoms with van der Waals surface area (Å²) in [6.07, 6.45) is 1.82. The van der Waals surface area contributed by atoms with Gasteiger partial charge in [-0.1, -0.05) is 51.1 Å². The van der Waals surface area contributed by atoms with Gasteiger partial charge >= 0.3 is 0 Å². The second kappa shape index (κ2) is 6.18. The van der Waals surface area contributed by atoms with E-state index in [0.717, 1.165) is 12.8 Å². The molecule has 21 heavy (non-hydrogen) atoms. The quantitative estimate of drug-likeness (QED) is 0.929. The van der Waals surface area contributed by atoms with Gasteiger partial charge in [0, 0.05) is 25.1 Å². The summed E-state index contributed by atoms with van der Waals surface area (Å²) < 4.78 is 0. The maximum Gasteiger partial charge on any atom is 0.227 e. The molecule has 3 atom stereocenters. The van der Waals surface area contributed by atoms with E-state index in [1.54, 1.807) is 0 Å². The van der Waals surface area contributed by atoms with E-state index in [-0.39, 0.29) is 29.9 Å². The highest BCUT2D eigenvalue weighted by atomic mass is 16.3. The third-order valence-electron chi connectivity index (χ3n) is 4.64. The lowest BCUT2D eigenvalue weighted by Gasteiger charge is -2.31. The summed E-state index contributed by atoms with van der Waals surface area (Å²) in [6, 6.07) is 10.6. The van der Waals surface area contributed by atoms with Crippen LogP contribution < -0.4 is 0 Å². The Kier molecular flexibility index (Phi) is 4.72. The predicted molar refractivity (Wildman–Crippen MR) is 85.0 cm³/mol. The van der Waals surface area contributed by atoms with Crippen molar-refractivity contribution in [3.8, 4) is 0 Å². The summed E-state index contributed by atoms with van der Waals surface area (Å²) in [5.41, 5.74) is 0.921. The van der Waals surface area contributed by atoms with E-state index in [1.165, 1.54) is 5.56 Å². The van der Waals surface area contributed by atoms with Gasteiger partial charge in [0.25, 0.3) is 0 Å². The number of aliphatic hydroxyl groups excluding tert-OH is 1. The van der Waals surface area contributed by atoms with Gasteiger partial charge in [-0.3, -0.25) is 4.79 Å². The van der Waals surface area contributed by atoms with Crippen LogP contribution in [0.3, 0.4) is 0 Å². The molecule has 1 amide bonds. The molecule has 0 heterocycles. The minimum absolute atomic E-state index is 0.179. The zero-order valence-corrected chi connectivity index (χ0v) is 13.5. The summed E-state index contributed by atoms with van der Waals surface area (Å²) in [4.78, 5) is 14.3. The maximum absolute atomic E-state index is 12.5. The largest absolute Gasteiger partial charge is 0.396 e. The van der Waals surface area contributed by atoms with Crippen molar-refractivity contribution in [2.24, 2.45) is 11.3 Å². The van der Waals surface area contributed by atoms with Gasteiger partial charge in [0.15, 0.2) is 0 Å². The topological polar surface area (TPSA) is 40.5 Å². The van der Waals surface area contributed by atoms with E-state index in [9.17, 15) is 9.90 Å². The molecule has 3 heteroatoms. The first kappa shape index (κ1) is 16.0. The minimum atomic E-state index is -0.353. The number of amides is 1. The Morgan fingerprint density at radius 1 is 1.24 bits per heavy atom. The van der Waals surface area contributed by atoms with Crippen molar-refractivity contribution < 1.29 is 9.90 Å². The van der Waals surface area contributed by atoms with Crippen molar-refractivity contribution >= 4 is 5.91 Å². The zero-order valence-electron chi connectivity index (χ0n) is 13.5. The number of hydrogen-bond donors (Lipinski definition) is 1. The fraction of sp³-hybridized carbons (Fsp3) is 0.611. The molecule has 1 aromatic rings. The Balaban J connectivity index is 2.14. The third-order valence-corrected chi connectivity index (χ3v) is 4.64. The second-order valence-corrected chi connectivity index (χ2v) is 7.25. The lowest BCUT2D eigenvalue weighted by Crippen LogP contribution is -2.42. The second-order valence-electron chi connectivity index (χ2n) is 7.25. The van der Waals surface area contributed by atoms with Crippen LogP contribution in [0.25, 0.3) is 0 Å². The highest BCUT2D eigenvalue weighted by Gasteiger charge is 2.39. The molecule has 116 valence electrons. The van der Waals surface area contributed by atoms with Crippen LogP contribution in [0.15, 0.2) is 30.3 Å². The molecule has 0 unspecified atom stereocenters. The van der Waals surface area contributed by atoms with Crippen LogP contribution in [0.1, 0.15) is 45.1 Å². The van der Waals surface area contributed by atoms with Crippen molar-refractivity contribution in [2.75, 3.05) is 13.7 Å². The molecular weight excluding hydrogens is 262 g/mol. The summed E-state index contributed by atoms with van der Waals surface area (Å²) in [5, 5.41) is 9.69. The average Bonchev–Trinajstić information content (AvgIpc) is 2.90. The van der Waals surface area contributed by atoms with Crippen molar-refractivity contribution in [3.05, 3.63) is 35.9 Å². The van der Waals surface area contributed by atoms with Crippen LogP contribution in [0.2, 0.25) is 0 Å². The highest BCUT2D eigenvalue weighted by molar-refractivity contribution is 5.81. The molecule has 1 saturated carbocycles. The third kappa shape index (κ3) is 3.46. The minimum Gasteiger partial charge on any atom is -0.396 e. The molecule has 0 radical (unpaired) electrons. The lowest BCUT2D eigenvalue weighted by atomic mass is 9.89. The molecule has 0 saturated heterocycles. The van der Waals surface area contributed by atoms with Crippen LogP contribution in [0.5, 0.6) is 0 Å².